The van der Waals surface area contributed by atoms with Crippen molar-refractivity contribution in [2.75, 3.05) is 13.1 Å². The lowest BCUT2D eigenvalue weighted by Gasteiger charge is -2.44. The molecule has 0 atom stereocenters. The molecule has 2 fully saturated rings. The van der Waals surface area contributed by atoms with Gasteiger partial charge in [0.15, 0.2) is 0 Å². The van der Waals surface area contributed by atoms with Crippen molar-refractivity contribution in [1.82, 2.24) is 4.90 Å². The van der Waals surface area contributed by atoms with E-state index in [1.54, 1.807) is 0 Å². The van der Waals surface area contributed by atoms with E-state index in [-0.39, 0.29) is 5.60 Å². The molecule has 2 nitrogen and oxygen atoms in total. The molecule has 1 aromatic rings. The van der Waals surface area contributed by atoms with Crippen LogP contribution in [0.3, 0.4) is 0 Å². The fraction of sp³-hybridized carbons (Fsp3) is 0.684. The Morgan fingerprint density at radius 1 is 1.05 bits per heavy atom. The molecular formula is C19H29NO. The first kappa shape index (κ1) is 15.1. The smallest absolute Gasteiger partial charge is 0.0700 e. The summed E-state index contributed by atoms with van der Waals surface area (Å²) in [6, 6.07) is 8.85. The van der Waals surface area contributed by atoms with Gasteiger partial charge >= 0.3 is 0 Å². The average Bonchev–Trinajstić information content (AvgIpc) is 2.53. The number of nitrogens with zero attached hydrogens (tertiary/aromatic N) is 1. The molecule has 21 heavy (non-hydrogen) atoms. The number of likely N-dealkylation sites (tertiary alicyclic amines) is 1. The Morgan fingerprint density at radius 3 is 2.29 bits per heavy atom. The van der Waals surface area contributed by atoms with Crippen LogP contribution in [-0.2, 0) is 6.54 Å². The van der Waals surface area contributed by atoms with Crippen LogP contribution in [0.4, 0.5) is 0 Å². The first-order chi connectivity index (χ1) is 10.2. The summed E-state index contributed by atoms with van der Waals surface area (Å²) in [5, 5.41) is 11.0. The van der Waals surface area contributed by atoms with E-state index in [1.807, 2.05) is 0 Å². The van der Waals surface area contributed by atoms with Gasteiger partial charge in [-0.2, -0.15) is 0 Å². The zero-order valence-corrected chi connectivity index (χ0v) is 13.4. The number of aliphatic hydroxyl groups is 1. The van der Waals surface area contributed by atoms with Gasteiger partial charge in [0.1, 0.15) is 0 Å². The lowest BCUT2D eigenvalue weighted by Crippen LogP contribution is -2.49. The minimum atomic E-state index is -0.371. The Bertz CT molecular complexity index is 439. The third-order valence-electron chi connectivity index (χ3n) is 5.61. The molecule has 0 unspecified atom stereocenters. The monoisotopic (exact) mass is 287 g/mol. The van der Waals surface area contributed by atoms with Crippen LogP contribution < -0.4 is 0 Å². The van der Waals surface area contributed by atoms with Gasteiger partial charge in [-0.3, -0.25) is 4.90 Å². The van der Waals surface area contributed by atoms with Crippen LogP contribution in [0.1, 0.15) is 56.1 Å². The van der Waals surface area contributed by atoms with E-state index in [9.17, 15) is 5.11 Å². The molecule has 0 spiro atoms. The number of rotatable bonds is 3. The molecule has 2 aliphatic rings. The van der Waals surface area contributed by atoms with Crippen LogP contribution in [0, 0.1) is 12.8 Å². The lowest BCUT2D eigenvalue weighted by molar-refractivity contribution is -0.0785. The fourth-order valence-electron chi connectivity index (χ4n) is 4.10. The molecule has 2 heteroatoms. The van der Waals surface area contributed by atoms with E-state index < -0.39 is 0 Å². The van der Waals surface area contributed by atoms with Crippen LogP contribution in [0.15, 0.2) is 24.3 Å². The summed E-state index contributed by atoms with van der Waals surface area (Å²) in [5.74, 6) is 0.563. The number of aryl methyl sites for hydroxylation is 1. The molecule has 0 aromatic heterocycles. The zero-order chi connectivity index (χ0) is 14.7. The van der Waals surface area contributed by atoms with Crippen molar-refractivity contribution in [3.05, 3.63) is 35.4 Å². The van der Waals surface area contributed by atoms with Crippen molar-refractivity contribution in [3.63, 3.8) is 0 Å². The van der Waals surface area contributed by atoms with Gasteiger partial charge in [-0.15, -0.1) is 0 Å². The van der Waals surface area contributed by atoms with E-state index in [1.165, 1.54) is 43.2 Å². The van der Waals surface area contributed by atoms with Gasteiger partial charge in [0.05, 0.1) is 5.60 Å². The van der Waals surface area contributed by atoms with E-state index in [4.69, 9.17) is 0 Å². The maximum atomic E-state index is 11.0. The molecule has 0 amide bonds. The molecular weight excluding hydrogens is 258 g/mol. The standard InChI is InChI=1S/C19H29NO/c1-16-7-9-17(10-8-16)15-20-13-11-19(21,12-14-20)18-5-3-2-4-6-18/h7-10,18,21H,2-6,11-15H2,1H3. The summed E-state index contributed by atoms with van der Waals surface area (Å²) >= 11 is 0. The highest BCUT2D eigenvalue weighted by molar-refractivity contribution is 5.21. The van der Waals surface area contributed by atoms with Crippen molar-refractivity contribution in [2.45, 2.75) is 64.0 Å². The number of hydrogen-bond acceptors (Lipinski definition) is 2. The van der Waals surface area contributed by atoms with Crippen molar-refractivity contribution < 1.29 is 5.11 Å². The second-order valence-electron chi connectivity index (χ2n) is 7.20. The van der Waals surface area contributed by atoms with E-state index in [0.717, 1.165) is 32.5 Å². The minimum absolute atomic E-state index is 0.371. The summed E-state index contributed by atoms with van der Waals surface area (Å²) in [5.41, 5.74) is 2.34. The normalized spacial score (nSPS) is 24.1. The molecule has 1 heterocycles. The molecule has 1 aromatic carbocycles. The van der Waals surface area contributed by atoms with E-state index in [2.05, 4.69) is 36.1 Å². The molecule has 1 aliphatic carbocycles. The van der Waals surface area contributed by atoms with Crippen molar-refractivity contribution >= 4 is 0 Å². The molecule has 1 saturated carbocycles. The van der Waals surface area contributed by atoms with Gasteiger partial charge in [-0.1, -0.05) is 49.1 Å². The van der Waals surface area contributed by atoms with Crippen LogP contribution in [0.2, 0.25) is 0 Å². The molecule has 116 valence electrons. The molecule has 3 rings (SSSR count). The molecule has 1 aliphatic heterocycles. The van der Waals surface area contributed by atoms with Gasteiger partial charge in [0.25, 0.3) is 0 Å². The van der Waals surface area contributed by atoms with Crippen molar-refractivity contribution in [3.8, 4) is 0 Å². The highest BCUT2D eigenvalue weighted by Gasteiger charge is 2.39. The van der Waals surface area contributed by atoms with E-state index in [0.29, 0.717) is 5.92 Å². The average molecular weight is 287 g/mol. The predicted octanol–water partition coefficient (Wildman–Crippen LogP) is 3.90. The number of benzene rings is 1. The number of hydrogen-bond donors (Lipinski definition) is 1. The Kier molecular flexibility index (Phi) is 4.66. The van der Waals surface area contributed by atoms with Gasteiger partial charge in [0.2, 0.25) is 0 Å². The number of piperidine rings is 1. The molecule has 1 saturated heterocycles. The quantitative estimate of drug-likeness (QED) is 0.911. The van der Waals surface area contributed by atoms with Crippen molar-refractivity contribution in [1.29, 1.82) is 0 Å². The molecule has 0 radical (unpaired) electrons. The van der Waals surface area contributed by atoms with Crippen LogP contribution in [0.25, 0.3) is 0 Å². The highest BCUT2D eigenvalue weighted by atomic mass is 16.3. The largest absolute Gasteiger partial charge is 0.390 e. The SMILES string of the molecule is Cc1ccc(CN2CCC(O)(C3CCCCC3)CC2)cc1. The van der Waals surface area contributed by atoms with Gasteiger partial charge in [-0.05, 0) is 44.1 Å². The summed E-state index contributed by atoms with van der Waals surface area (Å²) in [4.78, 5) is 2.50. The zero-order valence-electron chi connectivity index (χ0n) is 13.4. The summed E-state index contributed by atoms with van der Waals surface area (Å²) in [6.45, 7) is 5.25. The molecule has 1 N–H and O–H groups in total. The Hall–Kier alpha value is -0.860. The third-order valence-corrected chi connectivity index (χ3v) is 5.61. The Morgan fingerprint density at radius 2 is 1.67 bits per heavy atom. The Balaban J connectivity index is 1.53. The van der Waals surface area contributed by atoms with Crippen molar-refractivity contribution in [2.24, 2.45) is 5.92 Å². The second kappa shape index (κ2) is 6.50. The maximum absolute atomic E-state index is 11.0. The summed E-state index contributed by atoms with van der Waals surface area (Å²) in [7, 11) is 0. The lowest BCUT2D eigenvalue weighted by atomic mass is 9.72. The van der Waals surface area contributed by atoms with Crippen LogP contribution in [-0.4, -0.2) is 28.7 Å². The first-order valence-corrected chi connectivity index (χ1v) is 8.66. The van der Waals surface area contributed by atoms with E-state index >= 15 is 0 Å². The fourth-order valence-corrected chi connectivity index (χ4v) is 4.10. The van der Waals surface area contributed by atoms with Gasteiger partial charge in [0, 0.05) is 19.6 Å². The summed E-state index contributed by atoms with van der Waals surface area (Å²) < 4.78 is 0. The highest BCUT2D eigenvalue weighted by Crippen LogP contribution is 2.39. The van der Waals surface area contributed by atoms with Gasteiger partial charge < -0.3 is 5.11 Å². The predicted molar refractivity (Wildman–Crippen MR) is 87.2 cm³/mol. The third kappa shape index (κ3) is 3.67. The van der Waals surface area contributed by atoms with Gasteiger partial charge in [-0.25, -0.2) is 0 Å². The minimum Gasteiger partial charge on any atom is -0.390 e. The maximum Gasteiger partial charge on any atom is 0.0700 e. The molecule has 0 bridgehead atoms. The Labute approximate surface area is 129 Å². The summed E-state index contributed by atoms with van der Waals surface area (Å²) in [6.07, 6.45) is 8.42. The topological polar surface area (TPSA) is 23.5 Å². The van der Waals surface area contributed by atoms with Crippen LogP contribution >= 0.6 is 0 Å². The first-order valence-electron chi connectivity index (χ1n) is 8.66. The van der Waals surface area contributed by atoms with Crippen LogP contribution in [0.5, 0.6) is 0 Å². The second-order valence-corrected chi connectivity index (χ2v) is 7.20.